The first kappa shape index (κ1) is 28.3. The number of nitrogens with zero attached hydrogens (tertiary/aromatic N) is 6. The second-order valence-corrected chi connectivity index (χ2v) is 12.9. The van der Waals surface area contributed by atoms with E-state index < -0.39 is 39.8 Å². The predicted octanol–water partition coefficient (Wildman–Crippen LogP) is 3.33. The van der Waals surface area contributed by atoms with Crippen molar-refractivity contribution in [1.29, 1.82) is 0 Å². The van der Waals surface area contributed by atoms with Crippen LogP contribution in [0.4, 0.5) is 17.6 Å². The summed E-state index contributed by atoms with van der Waals surface area (Å²) in [6.07, 6.45) is 9.10. The fraction of sp³-hybridized carbons (Fsp3) is 0.462. The third-order valence-corrected chi connectivity index (χ3v) is 9.83. The number of aromatic nitrogens is 6. The molecule has 1 atom stereocenters. The molecule has 2 aliphatic carbocycles. The summed E-state index contributed by atoms with van der Waals surface area (Å²) in [6, 6.07) is 2.89. The van der Waals surface area contributed by atoms with Crippen LogP contribution in [-0.2, 0) is 15.7 Å². The van der Waals surface area contributed by atoms with Gasteiger partial charge in [0.1, 0.15) is 0 Å². The lowest BCUT2D eigenvalue weighted by Gasteiger charge is -2.35. The zero-order valence-electron chi connectivity index (χ0n) is 22.2. The summed E-state index contributed by atoms with van der Waals surface area (Å²) in [5, 5.41) is 14.0. The number of rotatable bonds is 9. The van der Waals surface area contributed by atoms with Gasteiger partial charge in [0.2, 0.25) is 6.43 Å². The quantitative estimate of drug-likeness (QED) is 0.312. The molecule has 4 N–H and O–H groups in total. The molecule has 0 amide bonds. The van der Waals surface area contributed by atoms with Crippen molar-refractivity contribution in [1.82, 2.24) is 39.6 Å². The van der Waals surface area contributed by atoms with Crippen LogP contribution in [-0.4, -0.2) is 55.1 Å². The van der Waals surface area contributed by atoms with Gasteiger partial charge in [0.15, 0.2) is 11.5 Å². The van der Waals surface area contributed by atoms with Crippen LogP contribution in [0.2, 0.25) is 0 Å². The maximum absolute atomic E-state index is 13.3. The van der Waals surface area contributed by atoms with Crippen molar-refractivity contribution in [3.63, 3.8) is 0 Å². The molecule has 0 radical (unpaired) electrons. The molecule has 0 aromatic carbocycles. The minimum Gasteiger partial charge on any atom is -0.382 e. The highest BCUT2D eigenvalue weighted by molar-refractivity contribution is 7.90. The zero-order valence-corrected chi connectivity index (χ0v) is 23.1. The number of dihydropyridines is 1. The van der Waals surface area contributed by atoms with Gasteiger partial charge in [-0.1, -0.05) is 0 Å². The average Bonchev–Trinajstić information content (AvgIpc) is 3.51. The first-order valence-electron chi connectivity index (χ1n) is 13.5. The number of hydrogen-bond donors (Lipinski definition) is 3. The van der Waals surface area contributed by atoms with Crippen molar-refractivity contribution >= 4 is 15.6 Å². The number of alkyl halides is 4. The molecule has 42 heavy (non-hydrogen) atoms. The molecule has 1 aliphatic heterocycles. The van der Waals surface area contributed by atoms with Crippen molar-refractivity contribution in [2.45, 2.75) is 68.5 Å². The molecular formula is C26H29F4N9O2S. The van der Waals surface area contributed by atoms with Gasteiger partial charge in [-0.25, -0.2) is 31.8 Å². The maximum Gasteiger partial charge on any atom is 0.333 e. The minimum absolute atomic E-state index is 0.144. The normalized spacial score (nSPS) is 24.8. The lowest BCUT2D eigenvalue weighted by Crippen LogP contribution is -2.50. The van der Waals surface area contributed by atoms with E-state index in [0.717, 1.165) is 10.3 Å². The SMILES string of the molecule is NC1(c2ccnc(-c3cnn(S(=O)(=O)C4CC4)c3)n2)C=C(NC2CCC(C(F)F)CC2)C(c2ccn(C(F)F)n2)=CN1. The highest BCUT2D eigenvalue weighted by Gasteiger charge is 2.38. The Labute approximate surface area is 239 Å². The minimum atomic E-state index is -3.57. The molecule has 11 nitrogen and oxygen atoms in total. The Balaban J connectivity index is 1.30. The second-order valence-electron chi connectivity index (χ2n) is 10.8. The van der Waals surface area contributed by atoms with Crippen LogP contribution in [0.3, 0.4) is 0 Å². The molecular weight excluding hydrogens is 578 g/mol. The summed E-state index contributed by atoms with van der Waals surface area (Å²) in [5.41, 5.74) is 7.31. The molecule has 3 aliphatic rings. The van der Waals surface area contributed by atoms with Crippen molar-refractivity contribution in [3.8, 4) is 11.4 Å². The molecule has 3 aromatic rings. The van der Waals surface area contributed by atoms with Crippen LogP contribution in [0.15, 0.2) is 54.9 Å². The first-order valence-corrected chi connectivity index (χ1v) is 15.0. The third-order valence-electron chi connectivity index (χ3n) is 7.79. The van der Waals surface area contributed by atoms with Crippen molar-refractivity contribution < 1.29 is 26.0 Å². The van der Waals surface area contributed by atoms with E-state index in [1.54, 1.807) is 18.3 Å². The van der Waals surface area contributed by atoms with Gasteiger partial charge in [0, 0.05) is 41.8 Å². The topological polar surface area (TPSA) is 146 Å². The van der Waals surface area contributed by atoms with Crippen LogP contribution in [0.5, 0.6) is 0 Å². The average molecular weight is 608 g/mol. The molecule has 224 valence electrons. The molecule has 2 fully saturated rings. The van der Waals surface area contributed by atoms with E-state index in [9.17, 15) is 26.0 Å². The van der Waals surface area contributed by atoms with E-state index >= 15 is 0 Å². The summed E-state index contributed by atoms with van der Waals surface area (Å²) in [6.45, 7) is -2.82. The smallest absolute Gasteiger partial charge is 0.333 e. The molecule has 0 spiro atoms. The van der Waals surface area contributed by atoms with Gasteiger partial charge in [-0.2, -0.15) is 23.1 Å². The van der Waals surface area contributed by atoms with Gasteiger partial charge < -0.3 is 16.4 Å². The number of nitrogens with two attached hydrogens (primary N) is 1. The first-order chi connectivity index (χ1) is 20.0. The van der Waals surface area contributed by atoms with Gasteiger partial charge in [0.25, 0.3) is 10.0 Å². The number of nitrogens with one attached hydrogen (secondary N) is 2. The molecule has 0 saturated heterocycles. The number of allylic oxidation sites excluding steroid dienone is 1. The molecule has 3 aromatic heterocycles. The summed E-state index contributed by atoms with van der Waals surface area (Å²) < 4.78 is 79.5. The van der Waals surface area contributed by atoms with Crippen LogP contribution in [0, 0.1) is 5.92 Å². The summed E-state index contributed by atoms with van der Waals surface area (Å²) in [4.78, 5) is 8.85. The Morgan fingerprint density at radius 1 is 1.10 bits per heavy atom. The Kier molecular flexibility index (Phi) is 7.29. The van der Waals surface area contributed by atoms with E-state index in [2.05, 4.69) is 30.8 Å². The monoisotopic (exact) mass is 607 g/mol. The second kappa shape index (κ2) is 10.8. The standard InChI is InChI=1S/C26H29F4N9O2S/c27-23(28)15-1-3-17(4-2-15)35-21-11-26(31,33-13-19(21)20-8-10-38(37-20)25(29)30)22-7-9-32-24(36-22)16-12-34-39(14-16)42(40,41)18-5-6-18/h7-15,17-18,23,25,33,35H,1-6,31H2. The zero-order chi connectivity index (χ0) is 29.6. The Morgan fingerprint density at radius 3 is 2.52 bits per heavy atom. The molecule has 4 heterocycles. The van der Waals surface area contributed by atoms with E-state index in [1.165, 1.54) is 24.7 Å². The van der Waals surface area contributed by atoms with E-state index in [-0.39, 0.29) is 17.6 Å². The lowest BCUT2D eigenvalue weighted by atomic mass is 9.85. The van der Waals surface area contributed by atoms with E-state index in [4.69, 9.17) is 5.73 Å². The molecule has 0 bridgehead atoms. The molecule has 16 heteroatoms. The fourth-order valence-corrected chi connectivity index (χ4v) is 6.70. The van der Waals surface area contributed by atoms with Crippen molar-refractivity contribution in [2.24, 2.45) is 11.7 Å². The van der Waals surface area contributed by atoms with Gasteiger partial charge in [-0.3, -0.25) is 0 Å². The van der Waals surface area contributed by atoms with Crippen LogP contribution >= 0.6 is 0 Å². The van der Waals surface area contributed by atoms with Gasteiger partial charge >= 0.3 is 6.55 Å². The summed E-state index contributed by atoms with van der Waals surface area (Å²) in [7, 11) is -3.57. The Hall–Kier alpha value is -3.79. The van der Waals surface area contributed by atoms with Gasteiger partial charge in [-0.05, 0) is 56.7 Å². The molecule has 1 unspecified atom stereocenters. The van der Waals surface area contributed by atoms with Gasteiger partial charge in [0.05, 0.1) is 34.6 Å². The van der Waals surface area contributed by atoms with Crippen LogP contribution < -0.4 is 16.4 Å². The largest absolute Gasteiger partial charge is 0.382 e. The van der Waals surface area contributed by atoms with E-state index in [0.29, 0.717) is 65.7 Å². The molecule has 2 saturated carbocycles. The molecule has 6 rings (SSSR count). The van der Waals surface area contributed by atoms with Gasteiger partial charge in [-0.15, -0.1) is 0 Å². The Bertz CT molecular complexity index is 1630. The maximum atomic E-state index is 13.3. The summed E-state index contributed by atoms with van der Waals surface area (Å²) in [5.74, 6) is -0.450. The van der Waals surface area contributed by atoms with E-state index in [1.807, 2.05) is 0 Å². The Morgan fingerprint density at radius 2 is 1.86 bits per heavy atom. The number of hydrogen-bond acceptors (Lipinski definition) is 9. The highest BCUT2D eigenvalue weighted by atomic mass is 32.2. The van der Waals surface area contributed by atoms with Crippen molar-refractivity contribution in [2.75, 3.05) is 0 Å². The number of halogens is 4. The predicted molar refractivity (Wildman–Crippen MR) is 144 cm³/mol. The van der Waals surface area contributed by atoms with Crippen molar-refractivity contribution in [3.05, 3.63) is 66.3 Å². The third kappa shape index (κ3) is 5.52. The summed E-state index contributed by atoms with van der Waals surface area (Å²) >= 11 is 0. The van der Waals surface area contributed by atoms with Crippen LogP contribution in [0.25, 0.3) is 17.0 Å². The lowest BCUT2D eigenvalue weighted by molar-refractivity contribution is 0.0514. The fourth-order valence-electron chi connectivity index (χ4n) is 5.23. The van der Waals surface area contributed by atoms with Crippen LogP contribution in [0.1, 0.15) is 56.5 Å². The highest BCUT2D eigenvalue weighted by Crippen LogP contribution is 2.34.